The van der Waals surface area contributed by atoms with Crippen molar-refractivity contribution in [2.75, 3.05) is 13.2 Å². The van der Waals surface area contributed by atoms with Gasteiger partial charge in [-0.05, 0) is 25.7 Å². The number of ether oxygens (including phenoxy) is 1. The Labute approximate surface area is 362 Å². The van der Waals surface area contributed by atoms with Gasteiger partial charge in [-0.15, -0.1) is 0 Å². The summed E-state index contributed by atoms with van der Waals surface area (Å²) in [5.74, 6) is -0.0361. The molecule has 0 bridgehead atoms. The van der Waals surface area contributed by atoms with Gasteiger partial charge < -0.3 is 20.3 Å². The first-order valence-corrected chi connectivity index (χ1v) is 26.3. The Morgan fingerprint density at radius 3 is 1.05 bits per heavy atom. The van der Waals surface area contributed by atoms with Crippen LogP contribution in [0.5, 0.6) is 0 Å². The van der Waals surface area contributed by atoms with E-state index in [2.05, 4.69) is 19.2 Å². The van der Waals surface area contributed by atoms with Crippen molar-refractivity contribution in [3.8, 4) is 0 Å². The zero-order valence-electron chi connectivity index (χ0n) is 39.3. The summed E-state index contributed by atoms with van der Waals surface area (Å²) in [7, 11) is 0. The van der Waals surface area contributed by atoms with Crippen molar-refractivity contribution in [1.82, 2.24) is 5.32 Å². The molecule has 0 radical (unpaired) electrons. The summed E-state index contributed by atoms with van der Waals surface area (Å²) in [6.45, 7) is 4.95. The largest absolute Gasteiger partial charge is 0.466 e. The first-order chi connectivity index (χ1) is 28.5. The Kier molecular flexibility index (Phi) is 47.6. The van der Waals surface area contributed by atoms with Crippen LogP contribution in [0.15, 0.2) is 0 Å². The molecule has 0 saturated carbocycles. The molecule has 346 valence electrons. The molecule has 0 aliphatic rings. The average molecular weight is 822 g/mol. The molecule has 0 saturated heterocycles. The minimum atomic E-state index is -0.666. The van der Waals surface area contributed by atoms with Gasteiger partial charge in [0.05, 0.1) is 25.4 Å². The van der Waals surface area contributed by atoms with Gasteiger partial charge in [0.1, 0.15) is 0 Å². The van der Waals surface area contributed by atoms with Crippen molar-refractivity contribution in [3.63, 3.8) is 0 Å². The van der Waals surface area contributed by atoms with E-state index in [4.69, 9.17) is 4.74 Å². The lowest BCUT2D eigenvalue weighted by atomic mass is 10.0. The maximum absolute atomic E-state index is 12.4. The lowest BCUT2D eigenvalue weighted by Gasteiger charge is -2.22. The summed E-state index contributed by atoms with van der Waals surface area (Å²) in [6, 6.07) is -0.544. The Morgan fingerprint density at radius 1 is 0.414 bits per heavy atom. The van der Waals surface area contributed by atoms with Gasteiger partial charge in [-0.2, -0.15) is 0 Å². The van der Waals surface area contributed by atoms with Crippen LogP contribution in [0, 0.1) is 0 Å². The molecule has 0 aliphatic carbocycles. The van der Waals surface area contributed by atoms with Gasteiger partial charge in [0.15, 0.2) is 0 Å². The number of aliphatic hydroxyl groups is 2. The van der Waals surface area contributed by atoms with Crippen LogP contribution in [0.25, 0.3) is 0 Å². The monoisotopic (exact) mass is 822 g/mol. The first-order valence-electron chi connectivity index (χ1n) is 26.3. The summed E-state index contributed by atoms with van der Waals surface area (Å²) in [4.78, 5) is 24.4. The van der Waals surface area contributed by atoms with Crippen LogP contribution < -0.4 is 5.32 Å². The number of amides is 1. The number of hydrogen-bond donors (Lipinski definition) is 3. The van der Waals surface area contributed by atoms with Gasteiger partial charge in [-0.25, -0.2) is 0 Å². The van der Waals surface area contributed by atoms with E-state index in [0.29, 0.717) is 25.9 Å². The van der Waals surface area contributed by atoms with Gasteiger partial charge in [-0.1, -0.05) is 258 Å². The fourth-order valence-corrected chi connectivity index (χ4v) is 8.35. The molecule has 2 unspecified atom stereocenters. The van der Waals surface area contributed by atoms with Crippen LogP contribution in [0.4, 0.5) is 0 Å². The van der Waals surface area contributed by atoms with E-state index in [0.717, 1.165) is 44.9 Å². The molecule has 0 heterocycles. The number of aliphatic hydroxyl groups excluding tert-OH is 2. The highest BCUT2D eigenvalue weighted by Crippen LogP contribution is 2.17. The third kappa shape index (κ3) is 44.4. The van der Waals surface area contributed by atoms with E-state index >= 15 is 0 Å². The third-order valence-electron chi connectivity index (χ3n) is 12.4. The quantitative estimate of drug-likeness (QED) is 0.0420. The van der Waals surface area contributed by atoms with Gasteiger partial charge in [0, 0.05) is 12.8 Å². The molecule has 0 aliphatic heterocycles. The van der Waals surface area contributed by atoms with Crippen molar-refractivity contribution in [2.45, 2.75) is 309 Å². The van der Waals surface area contributed by atoms with Gasteiger partial charge in [-0.3, -0.25) is 9.59 Å². The average Bonchev–Trinajstić information content (AvgIpc) is 3.22. The van der Waals surface area contributed by atoms with Crippen LogP contribution in [0.3, 0.4) is 0 Å². The predicted molar refractivity (Wildman–Crippen MR) is 250 cm³/mol. The molecule has 3 N–H and O–H groups in total. The summed E-state index contributed by atoms with van der Waals surface area (Å²) in [5, 5.41) is 23.2. The second-order valence-electron chi connectivity index (χ2n) is 18.2. The second-order valence-corrected chi connectivity index (χ2v) is 18.2. The number of rotatable bonds is 49. The van der Waals surface area contributed by atoms with Crippen molar-refractivity contribution in [3.05, 3.63) is 0 Å². The van der Waals surface area contributed by atoms with E-state index in [1.54, 1.807) is 0 Å². The molecule has 0 fully saturated rings. The van der Waals surface area contributed by atoms with E-state index in [-0.39, 0.29) is 18.5 Å². The standard InChI is InChI=1S/C52H103NO5/c1-3-5-7-9-11-13-15-21-24-28-32-36-40-44-50(55)49(48-54)53-51(56)45-41-37-33-29-25-22-19-17-18-20-23-27-31-35-39-43-47-58-52(57)46-42-38-34-30-26-16-14-12-10-8-6-4-2/h49-50,54-55H,3-48H2,1-2H3,(H,53,56). The first kappa shape index (κ1) is 56.9. The van der Waals surface area contributed by atoms with E-state index in [9.17, 15) is 19.8 Å². The number of nitrogens with one attached hydrogen (secondary N) is 1. The summed E-state index contributed by atoms with van der Waals surface area (Å²) < 4.78 is 5.46. The molecular weight excluding hydrogens is 719 g/mol. The van der Waals surface area contributed by atoms with Gasteiger partial charge in [0.25, 0.3) is 0 Å². The lowest BCUT2D eigenvalue weighted by molar-refractivity contribution is -0.143. The summed E-state index contributed by atoms with van der Waals surface area (Å²) in [6.07, 6.45) is 53.6. The Balaban J connectivity index is 3.41. The van der Waals surface area contributed by atoms with Crippen LogP contribution in [0.1, 0.15) is 296 Å². The molecule has 58 heavy (non-hydrogen) atoms. The van der Waals surface area contributed by atoms with Gasteiger partial charge in [0.2, 0.25) is 5.91 Å². The molecule has 6 heteroatoms. The maximum atomic E-state index is 12.4. The second kappa shape index (κ2) is 48.5. The van der Waals surface area contributed by atoms with Crippen molar-refractivity contribution < 1.29 is 24.5 Å². The molecule has 0 spiro atoms. The van der Waals surface area contributed by atoms with E-state index in [1.807, 2.05) is 0 Å². The van der Waals surface area contributed by atoms with Crippen molar-refractivity contribution in [2.24, 2.45) is 0 Å². The number of unbranched alkanes of at least 4 members (excludes halogenated alkanes) is 38. The van der Waals surface area contributed by atoms with E-state index < -0.39 is 12.1 Å². The van der Waals surface area contributed by atoms with Crippen LogP contribution in [0.2, 0.25) is 0 Å². The Hall–Kier alpha value is -1.14. The number of hydrogen-bond acceptors (Lipinski definition) is 5. The third-order valence-corrected chi connectivity index (χ3v) is 12.4. The Morgan fingerprint density at radius 2 is 0.707 bits per heavy atom. The Bertz CT molecular complexity index is 822. The highest BCUT2D eigenvalue weighted by Gasteiger charge is 2.20. The number of esters is 1. The topological polar surface area (TPSA) is 95.9 Å². The SMILES string of the molecule is CCCCCCCCCCCCCCCC(O)C(CO)NC(=O)CCCCCCCCCCCCCCCCCCOC(=O)CCCCCCCCCCCCCC. The summed E-state index contributed by atoms with van der Waals surface area (Å²) in [5.41, 5.74) is 0. The molecule has 0 rings (SSSR count). The predicted octanol–water partition coefficient (Wildman–Crippen LogP) is 15.6. The summed E-state index contributed by atoms with van der Waals surface area (Å²) >= 11 is 0. The van der Waals surface area contributed by atoms with Crippen LogP contribution in [-0.2, 0) is 14.3 Å². The highest BCUT2D eigenvalue weighted by atomic mass is 16.5. The molecule has 1 amide bonds. The van der Waals surface area contributed by atoms with Gasteiger partial charge >= 0.3 is 5.97 Å². The number of carbonyl (C=O) groups is 2. The molecule has 2 atom stereocenters. The molecular formula is C52H103NO5. The van der Waals surface area contributed by atoms with E-state index in [1.165, 1.54) is 218 Å². The minimum Gasteiger partial charge on any atom is -0.466 e. The maximum Gasteiger partial charge on any atom is 0.305 e. The molecule has 0 aromatic heterocycles. The smallest absolute Gasteiger partial charge is 0.305 e. The minimum absolute atomic E-state index is 0.00436. The lowest BCUT2D eigenvalue weighted by Crippen LogP contribution is -2.45. The zero-order valence-corrected chi connectivity index (χ0v) is 39.3. The van der Waals surface area contributed by atoms with Crippen molar-refractivity contribution >= 4 is 11.9 Å². The number of carbonyl (C=O) groups excluding carboxylic acids is 2. The van der Waals surface area contributed by atoms with Crippen molar-refractivity contribution in [1.29, 1.82) is 0 Å². The normalized spacial score (nSPS) is 12.6. The zero-order chi connectivity index (χ0) is 42.3. The van der Waals surface area contributed by atoms with Crippen LogP contribution in [-0.4, -0.2) is 47.4 Å². The van der Waals surface area contributed by atoms with Crippen LogP contribution >= 0.6 is 0 Å². The highest BCUT2D eigenvalue weighted by molar-refractivity contribution is 5.76. The molecule has 6 nitrogen and oxygen atoms in total. The fourth-order valence-electron chi connectivity index (χ4n) is 8.35. The molecule has 0 aromatic rings. The molecule has 0 aromatic carbocycles. The fraction of sp³-hybridized carbons (Fsp3) is 0.962.